The van der Waals surface area contributed by atoms with Crippen LogP contribution < -0.4 is 5.73 Å². The van der Waals surface area contributed by atoms with Gasteiger partial charge in [-0.1, -0.05) is 0 Å². The summed E-state index contributed by atoms with van der Waals surface area (Å²) in [6.07, 6.45) is 0. The van der Waals surface area contributed by atoms with E-state index in [1.807, 2.05) is 0 Å². The van der Waals surface area contributed by atoms with Crippen molar-refractivity contribution in [2.45, 2.75) is 13.0 Å². The van der Waals surface area contributed by atoms with Crippen molar-refractivity contribution >= 4 is 5.97 Å². The molecular formula is C5H9N2O2+. The monoisotopic (exact) mass is 129 g/mol. The first-order chi connectivity index (χ1) is 4.22. The first-order valence-electron chi connectivity index (χ1n) is 2.61. The Balaban J connectivity index is 3.63. The van der Waals surface area contributed by atoms with Gasteiger partial charge in [0.15, 0.2) is 0 Å². The Morgan fingerprint density at radius 3 is 2.89 bits per heavy atom. The average Bonchev–Trinajstić information content (AvgIpc) is 1.87. The summed E-state index contributed by atoms with van der Waals surface area (Å²) in [5, 5.41) is 8.12. The van der Waals surface area contributed by atoms with E-state index in [4.69, 9.17) is 5.26 Å². The number of quaternary nitrogens is 1. The number of carbonyl (C=O) groups excluding carboxylic acids is 1. The Morgan fingerprint density at radius 1 is 2.00 bits per heavy atom. The highest BCUT2D eigenvalue weighted by Gasteiger charge is 2.15. The highest BCUT2D eigenvalue weighted by atomic mass is 16.5. The van der Waals surface area contributed by atoms with Crippen LogP contribution in [0.25, 0.3) is 0 Å². The fourth-order valence-corrected chi connectivity index (χ4v) is 0.296. The number of ether oxygens (including phenoxy) is 1. The molecule has 3 N–H and O–H groups in total. The van der Waals surface area contributed by atoms with Crippen LogP contribution in [0, 0.1) is 11.3 Å². The Kier molecular flexibility index (Phi) is 3.40. The predicted octanol–water partition coefficient (Wildman–Crippen LogP) is -1.32. The standard InChI is InChI=1S/C5H8N2O2/c1-2-9-5(8)4(7)3-6/h4H,2,7H2,1H3/p+1/t4-/m0/s1. The van der Waals surface area contributed by atoms with E-state index < -0.39 is 12.0 Å². The summed E-state index contributed by atoms with van der Waals surface area (Å²) in [5.74, 6) is -0.556. The molecular weight excluding hydrogens is 120 g/mol. The molecule has 0 aliphatic heterocycles. The van der Waals surface area contributed by atoms with Gasteiger partial charge in [0.2, 0.25) is 0 Å². The van der Waals surface area contributed by atoms with E-state index in [2.05, 4.69) is 10.5 Å². The van der Waals surface area contributed by atoms with E-state index in [1.54, 1.807) is 13.0 Å². The zero-order valence-electron chi connectivity index (χ0n) is 5.26. The number of carbonyl (C=O) groups is 1. The fourth-order valence-electron chi connectivity index (χ4n) is 0.296. The van der Waals surface area contributed by atoms with Gasteiger partial charge in [0.1, 0.15) is 6.07 Å². The van der Waals surface area contributed by atoms with Crippen LogP contribution in [-0.2, 0) is 9.53 Å². The molecule has 0 saturated carbocycles. The van der Waals surface area contributed by atoms with Crippen LogP contribution >= 0.6 is 0 Å². The maximum Gasteiger partial charge on any atom is 0.380 e. The van der Waals surface area contributed by atoms with Gasteiger partial charge in [-0.15, -0.1) is 0 Å². The van der Waals surface area contributed by atoms with Gasteiger partial charge in [0, 0.05) is 0 Å². The second-order valence-corrected chi connectivity index (χ2v) is 1.43. The molecule has 0 fully saturated rings. The average molecular weight is 129 g/mol. The van der Waals surface area contributed by atoms with E-state index in [0.29, 0.717) is 6.61 Å². The Labute approximate surface area is 53.2 Å². The number of hydrogen-bond donors (Lipinski definition) is 1. The highest BCUT2D eigenvalue weighted by molar-refractivity contribution is 5.76. The van der Waals surface area contributed by atoms with Gasteiger partial charge in [0.05, 0.1) is 6.61 Å². The van der Waals surface area contributed by atoms with E-state index in [1.165, 1.54) is 0 Å². The summed E-state index contributed by atoms with van der Waals surface area (Å²) in [6, 6.07) is 0.780. The number of nitrogens with zero attached hydrogens (tertiary/aromatic N) is 1. The topological polar surface area (TPSA) is 77.7 Å². The van der Waals surface area contributed by atoms with E-state index in [-0.39, 0.29) is 0 Å². The molecule has 0 aromatic rings. The van der Waals surface area contributed by atoms with Crippen LogP contribution in [0.5, 0.6) is 0 Å². The molecule has 4 heteroatoms. The molecule has 0 aromatic heterocycles. The third-order valence-electron chi connectivity index (χ3n) is 0.727. The summed E-state index contributed by atoms with van der Waals surface area (Å²) in [5.41, 5.74) is 3.24. The molecule has 0 unspecified atom stereocenters. The normalized spacial score (nSPS) is 11.7. The Morgan fingerprint density at radius 2 is 2.56 bits per heavy atom. The van der Waals surface area contributed by atoms with E-state index in [0.717, 1.165) is 0 Å². The molecule has 0 aliphatic carbocycles. The lowest BCUT2D eigenvalue weighted by Gasteiger charge is -1.97. The smallest absolute Gasteiger partial charge is 0.380 e. The number of esters is 1. The van der Waals surface area contributed by atoms with Crippen LogP contribution in [0.1, 0.15) is 6.92 Å². The van der Waals surface area contributed by atoms with Gasteiger partial charge in [-0.2, -0.15) is 5.26 Å². The third-order valence-corrected chi connectivity index (χ3v) is 0.727. The number of nitriles is 1. The highest BCUT2D eigenvalue weighted by Crippen LogP contribution is 1.79. The quantitative estimate of drug-likeness (QED) is 0.470. The van der Waals surface area contributed by atoms with Gasteiger partial charge in [0.25, 0.3) is 6.04 Å². The summed E-state index contributed by atoms with van der Waals surface area (Å²) >= 11 is 0. The minimum Gasteiger partial charge on any atom is -0.461 e. The molecule has 0 aromatic carbocycles. The zero-order valence-corrected chi connectivity index (χ0v) is 5.26. The van der Waals surface area contributed by atoms with Crippen molar-refractivity contribution in [2.75, 3.05) is 6.61 Å². The Bertz CT molecular complexity index is 138. The molecule has 50 valence electrons. The predicted molar refractivity (Wildman–Crippen MR) is 28.9 cm³/mol. The number of hydrogen-bond acceptors (Lipinski definition) is 3. The summed E-state index contributed by atoms with van der Waals surface area (Å²) in [6.45, 7) is 1.98. The second-order valence-electron chi connectivity index (χ2n) is 1.43. The van der Waals surface area contributed by atoms with Crippen molar-refractivity contribution in [3.63, 3.8) is 0 Å². The molecule has 0 radical (unpaired) electrons. The van der Waals surface area contributed by atoms with E-state index >= 15 is 0 Å². The van der Waals surface area contributed by atoms with Crippen molar-refractivity contribution in [3.05, 3.63) is 0 Å². The minimum atomic E-state index is -0.884. The van der Waals surface area contributed by atoms with Gasteiger partial charge in [-0.25, -0.2) is 4.79 Å². The molecule has 0 amide bonds. The van der Waals surface area contributed by atoms with Gasteiger partial charge >= 0.3 is 5.97 Å². The SMILES string of the molecule is CCOC(=O)[C@@H]([NH3+])C#N. The Hall–Kier alpha value is -1.08. The number of rotatable bonds is 2. The second kappa shape index (κ2) is 3.87. The van der Waals surface area contributed by atoms with Crippen LogP contribution in [0.2, 0.25) is 0 Å². The third kappa shape index (κ3) is 2.67. The molecule has 0 saturated heterocycles. The first kappa shape index (κ1) is 7.92. The van der Waals surface area contributed by atoms with E-state index in [9.17, 15) is 4.79 Å². The molecule has 0 aliphatic rings. The van der Waals surface area contributed by atoms with Gasteiger partial charge in [-0.05, 0) is 6.92 Å². The van der Waals surface area contributed by atoms with Crippen molar-refractivity contribution in [2.24, 2.45) is 0 Å². The molecule has 0 rings (SSSR count). The van der Waals surface area contributed by atoms with Crippen molar-refractivity contribution in [3.8, 4) is 6.07 Å². The lowest BCUT2D eigenvalue weighted by molar-refractivity contribution is -0.390. The van der Waals surface area contributed by atoms with Gasteiger partial charge < -0.3 is 10.5 Å². The minimum absolute atomic E-state index is 0.298. The summed E-state index contributed by atoms with van der Waals surface area (Å²) < 4.78 is 4.47. The maximum absolute atomic E-state index is 10.5. The van der Waals surface area contributed by atoms with Crippen molar-refractivity contribution < 1.29 is 15.3 Å². The molecule has 1 atom stereocenters. The van der Waals surface area contributed by atoms with Crippen LogP contribution in [0.3, 0.4) is 0 Å². The summed E-state index contributed by atoms with van der Waals surface area (Å²) in [7, 11) is 0. The lowest BCUT2D eigenvalue weighted by atomic mass is 10.4. The van der Waals surface area contributed by atoms with Crippen LogP contribution in [0.15, 0.2) is 0 Å². The largest absolute Gasteiger partial charge is 0.461 e. The van der Waals surface area contributed by atoms with Gasteiger partial charge in [-0.3, -0.25) is 0 Å². The van der Waals surface area contributed by atoms with Crippen molar-refractivity contribution in [1.29, 1.82) is 5.26 Å². The molecule has 0 spiro atoms. The maximum atomic E-state index is 10.5. The molecule has 0 bridgehead atoms. The molecule has 4 nitrogen and oxygen atoms in total. The lowest BCUT2D eigenvalue weighted by Crippen LogP contribution is -2.64. The van der Waals surface area contributed by atoms with Crippen LogP contribution in [0.4, 0.5) is 0 Å². The fraction of sp³-hybridized carbons (Fsp3) is 0.600. The first-order valence-corrected chi connectivity index (χ1v) is 2.61. The summed E-state index contributed by atoms with van der Waals surface area (Å²) in [4.78, 5) is 10.5. The zero-order chi connectivity index (χ0) is 7.28. The molecule has 9 heavy (non-hydrogen) atoms. The molecule has 0 heterocycles. The van der Waals surface area contributed by atoms with Crippen molar-refractivity contribution in [1.82, 2.24) is 0 Å². The van der Waals surface area contributed by atoms with Crippen LogP contribution in [-0.4, -0.2) is 18.6 Å².